The number of aliphatic hydroxyl groups excluding tert-OH is 1. The summed E-state index contributed by atoms with van der Waals surface area (Å²) >= 11 is 0. The van der Waals surface area contributed by atoms with E-state index in [1.165, 1.54) is 0 Å². The van der Waals surface area contributed by atoms with Crippen LogP contribution in [0.1, 0.15) is 26.7 Å². The van der Waals surface area contributed by atoms with Gasteiger partial charge in [-0.1, -0.05) is 26.3 Å². The number of nitrogens with two attached hydrogens (primary N) is 1. The third-order valence-electron chi connectivity index (χ3n) is 2.75. The molecule has 1 amide bonds. The highest BCUT2D eigenvalue weighted by atomic mass is 16.3. The standard InChI is InChI=1S/C10H19NO2/c1-4-6-10(3,9(11)13)8(5-2)7-12/h4,8,12H,1,5-7H2,2-3H3,(H2,11,13)/t8-,10?/m1/s1. The van der Waals surface area contributed by atoms with Gasteiger partial charge in [0.25, 0.3) is 0 Å². The number of rotatable bonds is 6. The Morgan fingerprint density at radius 2 is 2.31 bits per heavy atom. The van der Waals surface area contributed by atoms with Crippen LogP contribution < -0.4 is 5.73 Å². The number of hydrogen-bond donors (Lipinski definition) is 2. The number of aliphatic hydroxyl groups is 1. The lowest BCUT2D eigenvalue weighted by Crippen LogP contribution is -2.41. The van der Waals surface area contributed by atoms with Gasteiger partial charge in [0.2, 0.25) is 5.91 Å². The van der Waals surface area contributed by atoms with Gasteiger partial charge in [0, 0.05) is 6.61 Å². The molecule has 0 aromatic carbocycles. The van der Waals surface area contributed by atoms with E-state index in [1.54, 1.807) is 13.0 Å². The first-order chi connectivity index (χ1) is 6.02. The van der Waals surface area contributed by atoms with E-state index in [9.17, 15) is 4.79 Å². The van der Waals surface area contributed by atoms with Crippen LogP contribution in [-0.2, 0) is 4.79 Å². The van der Waals surface area contributed by atoms with Crippen LogP contribution >= 0.6 is 0 Å². The van der Waals surface area contributed by atoms with Crippen LogP contribution in [0.2, 0.25) is 0 Å². The molecule has 76 valence electrons. The van der Waals surface area contributed by atoms with Crippen LogP contribution in [0.3, 0.4) is 0 Å². The van der Waals surface area contributed by atoms with E-state index in [2.05, 4.69) is 6.58 Å². The maximum absolute atomic E-state index is 11.2. The Kier molecular flexibility index (Phi) is 4.70. The predicted molar refractivity (Wildman–Crippen MR) is 53.0 cm³/mol. The number of carbonyl (C=O) groups is 1. The van der Waals surface area contributed by atoms with Gasteiger partial charge >= 0.3 is 0 Å². The van der Waals surface area contributed by atoms with Crippen LogP contribution in [0.4, 0.5) is 0 Å². The lowest BCUT2D eigenvalue weighted by atomic mass is 9.73. The molecule has 0 rings (SSSR count). The monoisotopic (exact) mass is 185 g/mol. The maximum atomic E-state index is 11.2. The van der Waals surface area contributed by atoms with Gasteiger partial charge in [-0.3, -0.25) is 4.79 Å². The number of carbonyl (C=O) groups excluding carboxylic acids is 1. The van der Waals surface area contributed by atoms with E-state index in [1.807, 2.05) is 6.92 Å². The van der Waals surface area contributed by atoms with Crippen molar-refractivity contribution in [2.75, 3.05) is 6.61 Å². The summed E-state index contributed by atoms with van der Waals surface area (Å²) < 4.78 is 0. The Balaban J connectivity index is 4.73. The van der Waals surface area contributed by atoms with Crippen molar-refractivity contribution in [3.63, 3.8) is 0 Å². The van der Waals surface area contributed by atoms with Crippen molar-refractivity contribution in [3.8, 4) is 0 Å². The molecule has 3 heteroatoms. The van der Waals surface area contributed by atoms with Gasteiger partial charge in [0.05, 0.1) is 5.41 Å². The average Bonchev–Trinajstić information content (AvgIpc) is 2.06. The molecular weight excluding hydrogens is 166 g/mol. The summed E-state index contributed by atoms with van der Waals surface area (Å²) in [7, 11) is 0. The molecule has 2 atom stereocenters. The van der Waals surface area contributed by atoms with Gasteiger partial charge in [-0.25, -0.2) is 0 Å². The Morgan fingerprint density at radius 1 is 1.77 bits per heavy atom. The van der Waals surface area contributed by atoms with Crippen LogP contribution in [-0.4, -0.2) is 17.6 Å². The van der Waals surface area contributed by atoms with Crippen molar-refractivity contribution in [2.24, 2.45) is 17.1 Å². The topological polar surface area (TPSA) is 63.3 Å². The molecule has 0 heterocycles. The summed E-state index contributed by atoms with van der Waals surface area (Å²) in [5.41, 5.74) is 4.65. The molecule has 0 aromatic heterocycles. The van der Waals surface area contributed by atoms with Gasteiger partial charge in [0.15, 0.2) is 0 Å². The first-order valence-corrected chi connectivity index (χ1v) is 4.54. The van der Waals surface area contributed by atoms with Gasteiger partial charge < -0.3 is 10.8 Å². The van der Waals surface area contributed by atoms with Crippen LogP contribution in [0.25, 0.3) is 0 Å². The zero-order valence-electron chi connectivity index (χ0n) is 8.42. The Morgan fingerprint density at radius 3 is 2.54 bits per heavy atom. The first kappa shape index (κ1) is 12.2. The quantitative estimate of drug-likeness (QED) is 0.608. The van der Waals surface area contributed by atoms with Gasteiger partial charge in [-0.15, -0.1) is 6.58 Å². The molecule has 0 fully saturated rings. The Bertz CT molecular complexity index is 187. The summed E-state index contributed by atoms with van der Waals surface area (Å²) in [6.45, 7) is 7.29. The summed E-state index contributed by atoms with van der Waals surface area (Å²) in [4.78, 5) is 11.2. The highest BCUT2D eigenvalue weighted by Gasteiger charge is 2.37. The second kappa shape index (κ2) is 5.02. The molecular formula is C10H19NO2. The third kappa shape index (κ3) is 2.56. The molecule has 0 spiro atoms. The largest absolute Gasteiger partial charge is 0.396 e. The minimum Gasteiger partial charge on any atom is -0.396 e. The Hall–Kier alpha value is -0.830. The van der Waals surface area contributed by atoms with E-state index in [-0.39, 0.29) is 18.4 Å². The number of hydrogen-bond acceptors (Lipinski definition) is 2. The van der Waals surface area contributed by atoms with Crippen LogP contribution in [0.15, 0.2) is 12.7 Å². The molecule has 13 heavy (non-hydrogen) atoms. The van der Waals surface area contributed by atoms with Crippen LogP contribution in [0, 0.1) is 11.3 Å². The summed E-state index contributed by atoms with van der Waals surface area (Å²) in [5.74, 6) is -0.448. The van der Waals surface area contributed by atoms with E-state index in [0.29, 0.717) is 6.42 Å². The second-order valence-corrected chi connectivity index (χ2v) is 3.56. The number of amides is 1. The zero-order chi connectivity index (χ0) is 10.5. The number of primary amides is 1. The third-order valence-corrected chi connectivity index (χ3v) is 2.75. The number of allylic oxidation sites excluding steroid dienone is 1. The fourth-order valence-electron chi connectivity index (χ4n) is 1.55. The van der Waals surface area contributed by atoms with Crippen LogP contribution in [0.5, 0.6) is 0 Å². The lowest BCUT2D eigenvalue weighted by molar-refractivity contribution is -0.130. The zero-order valence-corrected chi connectivity index (χ0v) is 8.42. The van der Waals surface area contributed by atoms with Gasteiger partial charge in [-0.2, -0.15) is 0 Å². The molecule has 0 aliphatic carbocycles. The fourth-order valence-corrected chi connectivity index (χ4v) is 1.55. The van der Waals surface area contributed by atoms with E-state index < -0.39 is 5.41 Å². The first-order valence-electron chi connectivity index (χ1n) is 4.54. The van der Waals surface area contributed by atoms with E-state index in [0.717, 1.165) is 6.42 Å². The second-order valence-electron chi connectivity index (χ2n) is 3.56. The van der Waals surface area contributed by atoms with Crippen molar-refractivity contribution < 1.29 is 9.90 Å². The summed E-state index contributed by atoms with van der Waals surface area (Å²) in [6.07, 6.45) is 2.92. The molecule has 1 unspecified atom stereocenters. The molecule has 0 saturated heterocycles. The molecule has 3 nitrogen and oxygen atoms in total. The van der Waals surface area contributed by atoms with Gasteiger partial charge in [-0.05, 0) is 12.3 Å². The van der Waals surface area contributed by atoms with E-state index in [4.69, 9.17) is 10.8 Å². The smallest absolute Gasteiger partial charge is 0.224 e. The normalized spacial score (nSPS) is 17.5. The minimum absolute atomic E-state index is 0.0101. The molecule has 0 aliphatic heterocycles. The average molecular weight is 185 g/mol. The van der Waals surface area contributed by atoms with Crippen molar-refractivity contribution in [1.82, 2.24) is 0 Å². The minimum atomic E-state index is -0.661. The highest BCUT2D eigenvalue weighted by Crippen LogP contribution is 2.33. The molecule has 0 aliphatic rings. The molecule has 0 saturated carbocycles. The molecule has 0 aromatic rings. The fraction of sp³-hybridized carbons (Fsp3) is 0.700. The SMILES string of the molecule is C=CCC(C)(C(N)=O)[C@H](CC)CO. The Labute approximate surface area is 79.6 Å². The molecule has 0 radical (unpaired) electrons. The van der Waals surface area contributed by atoms with Crippen molar-refractivity contribution in [3.05, 3.63) is 12.7 Å². The molecule has 0 bridgehead atoms. The summed E-state index contributed by atoms with van der Waals surface area (Å²) in [5, 5.41) is 9.10. The molecule has 3 N–H and O–H groups in total. The van der Waals surface area contributed by atoms with Gasteiger partial charge in [0.1, 0.15) is 0 Å². The van der Waals surface area contributed by atoms with E-state index >= 15 is 0 Å². The maximum Gasteiger partial charge on any atom is 0.224 e. The summed E-state index contributed by atoms with van der Waals surface area (Å²) in [6, 6.07) is 0. The lowest BCUT2D eigenvalue weighted by Gasteiger charge is -2.32. The predicted octanol–water partition coefficient (Wildman–Crippen LogP) is 1.07. The van der Waals surface area contributed by atoms with Crippen molar-refractivity contribution in [2.45, 2.75) is 26.7 Å². The van der Waals surface area contributed by atoms with Crippen molar-refractivity contribution >= 4 is 5.91 Å². The van der Waals surface area contributed by atoms with Crippen molar-refractivity contribution in [1.29, 1.82) is 0 Å². The highest BCUT2D eigenvalue weighted by molar-refractivity contribution is 5.81.